The van der Waals surface area contributed by atoms with Crippen LogP contribution in [0.5, 0.6) is 0 Å². The first kappa shape index (κ1) is 62.6. The number of nitrogens with two attached hydrogens (primary N) is 1. The number of aliphatic carboxylic acids is 1. The standard InChI is InChI=1S/C15H15ClFN3O3S2.C15H22ClNO2.C11H13Cl2NO3.C5H12NO4P/c1-23-13(21)8-24-12-7-11(10(17)6-9(12)16)18-14-19-4-2-3-5-20(19)15(22)25-14;1-5-13-8-6-7-11(2)15(13)17(14(18)9-16)12(3)10-19-4;1-11(2)14(10(15)9(12)13)6-8(17-11)7-4-3-5-16-7;1-11(9,10)3-2-4(6)5(7)8/h6-7H,2-5,8H2,1H3;6-8,12H,5,9-10H2,1-4H3;3-5,8-9H,6H2,1-2H3;4H,2-3,6H2,1H3,(H,7,8)(H,9,10). The van der Waals surface area contributed by atoms with E-state index in [1.165, 1.54) is 24.7 Å². The number of aromatic nitrogens is 2. The number of amides is 2. The van der Waals surface area contributed by atoms with Gasteiger partial charge in [-0.25, -0.2) is 14.1 Å². The largest absolute Gasteiger partial charge is 0.480 e. The van der Waals surface area contributed by atoms with Crippen LogP contribution in [0, 0.1) is 12.7 Å². The lowest BCUT2D eigenvalue weighted by molar-refractivity contribution is -0.144. The van der Waals surface area contributed by atoms with Gasteiger partial charge in [0, 0.05) is 37.9 Å². The fourth-order valence-corrected chi connectivity index (χ4v) is 10.3. The van der Waals surface area contributed by atoms with Crippen LogP contribution in [0.2, 0.25) is 5.02 Å². The predicted octanol–water partition coefficient (Wildman–Crippen LogP) is 8.37. The number of para-hydroxylation sites is 1. The number of carbonyl (C=O) groups excluding carboxylic acids is 3. The van der Waals surface area contributed by atoms with Crippen molar-refractivity contribution < 1.29 is 56.8 Å². The molecule has 0 bridgehead atoms. The minimum atomic E-state index is -3.10. The first-order valence-corrected chi connectivity index (χ1v) is 28.3. The van der Waals surface area contributed by atoms with E-state index in [1.54, 1.807) is 47.6 Å². The van der Waals surface area contributed by atoms with Crippen molar-refractivity contribution in [2.45, 2.75) is 107 Å². The minimum Gasteiger partial charge on any atom is -0.480 e. The lowest BCUT2D eigenvalue weighted by Gasteiger charge is -2.31. The van der Waals surface area contributed by atoms with E-state index < -0.39 is 41.7 Å². The zero-order chi connectivity index (χ0) is 54.1. The summed E-state index contributed by atoms with van der Waals surface area (Å²) in [6, 6.07) is 11.3. The molecule has 2 aromatic carbocycles. The third-order valence-electron chi connectivity index (χ3n) is 10.8. The second kappa shape index (κ2) is 29.4. The number of esters is 1. The van der Waals surface area contributed by atoms with Gasteiger partial charge in [0.2, 0.25) is 10.7 Å². The van der Waals surface area contributed by atoms with Crippen LogP contribution in [-0.4, -0.2) is 122 Å². The van der Waals surface area contributed by atoms with E-state index >= 15 is 0 Å². The summed E-state index contributed by atoms with van der Waals surface area (Å²) >= 11 is 25.1. The fraction of sp³-hybridized carbons (Fsp3) is 0.522. The molecule has 26 heteroatoms. The molecule has 0 radical (unpaired) electrons. The fourth-order valence-electron chi connectivity index (χ4n) is 7.18. The molecule has 2 aliphatic rings. The summed E-state index contributed by atoms with van der Waals surface area (Å²) in [7, 11) is -0.168. The molecule has 2 aliphatic heterocycles. The molecule has 6 rings (SSSR count). The van der Waals surface area contributed by atoms with E-state index in [0.29, 0.717) is 41.7 Å². The van der Waals surface area contributed by atoms with Gasteiger partial charge in [0.25, 0.3) is 5.91 Å². The van der Waals surface area contributed by atoms with Gasteiger partial charge in [-0.05, 0) is 100 Å². The van der Waals surface area contributed by atoms with Crippen molar-refractivity contribution in [2.75, 3.05) is 56.7 Å². The SMILES string of the molecule is CC1(C)OC(c2ccco2)CN1C(=O)C(Cl)Cl.CCc1cccc(C)c1N(C(=O)CCl)C(C)COC.COC(=O)CSc1cc(N=c2sc(=O)n3n2CCCC3)c(F)cc1Cl.CP(=O)(O)CCC(N)C(=O)O. The zero-order valence-electron chi connectivity index (χ0n) is 41.2. The van der Waals surface area contributed by atoms with E-state index in [2.05, 4.69) is 22.7 Å². The Labute approximate surface area is 445 Å². The number of anilines is 1. The Morgan fingerprint density at radius 1 is 1.12 bits per heavy atom. The lowest BCUT2D eigenvalue weighted by atomic mass is 10.0. The number of carboxylic acids is 1. The van der Waals surface area contributed by atoms with Crippen LogP contribution in [-0.2, 0) is 57.5 Å². The van der Waals surface area contributed by atoms with E-state index in [9.17, 15) is 32.9 Å². The van der Waals surface area contributed by atoms with Crippen LogP contribution < -0.4 is 20.3 Å². The molecule has 1 fully saturated rings. The predicted molar refractivity (Wildman–Crippen MR) is 280 cm³/mol. The van der Waals surface area contributed by atoms with E-state index in [-0.39, 0.29) is 63.8 Å². The van der Waals surface area contributed by atoms with Gasteiger partial charge in [0.05, 0.1) is 49.0 Å². The number of alkyl halides is 3. The first-order chi connectivity index (χ1) is 33.8. The molecular formula is C46H62Cl4FN6O12PS2. The summed E-state index contributed by atoms with van der Waals surface area (Å²) in [5.74, 6) is -1.84. The molecule has 0 aliphatic carbocycles. The number of hydrogen-bond acceptors (Lipinski definition) is 14. The number of furan rings is 1. The molecule has 18 nitrogen and oxygen atoms in total. The maximum absolute atomic E-state index is 14.3. The van der Waals surface area contributed by atoms with Crippen molar-refractivity contribution in [3.8, 4) is 0 Å². The van der Waals surface area contributed by atoms with Gasteiger partial charge in [0.1, 0.15) is 41.0 Å². The highest BCUT2D eigenvalue weighted by molar-refractivity contribution is 8.00. The van der Waals surface area contributed by atoms with Gasteiger partial charge < -0.3 is 44.2 Å². The number of fused-ring (bicyclic) bond motifs is 1. The Balaban J connectivity index is 0.000000263. The summed E-state index contributed by atoms with van der Waals surface area (Å²) in [5, 5.41) is 8.48. The molecule has 0 saturated carbocycles. The van der Waals surface area contributed by atoms with E-state index in [4.69, 9.17) is 76.0 Å². The number of ether oxygens (including phenoxy) is 3. The highest BCUT2D eigenvalue weighted by Gasteiger charge is 2.45. The molecule has 72 heavy (non-hydrogen) atoms. The number of aryl methyl sites for hydroxylation is 2. The number of rotatable bonds is 16. The smallest absolute Gasteiger partial charge is 0.325 e. The molecule has 0 spiro atoms. The second-order valence-corrected chi connectivity index (χ2v) is 23.0. The van der Waals surface area contributed by atoms with Crippen LogP contribution in [0.15, 0.2) is 67.8 Å². The van der Waals surface area contributed by atoms with Crippen molar-refractivity contribution in [2.24, 2.45) is 10.7 Å². The molecule has 400 valence electrons. The molecule has 4 atom stereocenters. The molecule has 1 saturated heterocycles. The van der Waals surface area contributed by atoms with Gasteiger partial charge in [-0.3, -0.25) is 33.2 Å². The average Bonchev–Trinajstić information content (AvgIpc) is 4.06. The van der Waals surface area contributed by atoms with Crippen molar-refractivity contribution in [3.05, 3.63) is 90.9 Å². The number of benzene rings is 2. The summed E-state index contributed by atoms with van der Waals surface area (Å²) in [5.41, 5.74) is 7.65. The maximum Gasteiger partial charge on any atom is 0.325 e. The monoisotopic (exact) mass is 1140 g/mol. The van der Waals surface area contributed by atoms with Gasteiger partial charge >= 0.3 is 16.8 Å². The van der Waals surface area contributed by atoms with Crippen molar-refractivity contribution in [3.63, 3.8) is 0 Å². The van der Waals surface area contributed by atoms with Gasteiger partial charge in [-0.1, -0.05) is 59.9 Å². The summed E-state index contributed by atoms with van der Waals surface area (Å²) < 4.78 is 49.1. The quantitative estimate of drug-likeness (QED) is 0.0414. The number of halogens is 5. The van der Waals surface area contributed by atoms with E-state index in [0.717, 1.165) is 65.2 Å². The summed E-state index contributed by atoms with van der Waals surface area (Å²) in [6.45, 7) is 13.0. The number of carbonyl (C=O) groups is 4. The van der Waals surface area contributed by atoms with Gasteiger partial charge in [-0.2, -0.15) is 0 Å². The number of methoxy groups -OCH3 is 2. The second-order valence-electron chi connectivity index (χ2n) is 16.8. The first-order valence-electron chi connectivity index (χ1n) is 22.4. The highest BCUT2D eigenvalue weighted by Crippen LogP contribution is 2.38. The molecule has 4 heterocycles. The third kappa shape index (κ3) is 18.6. The molecule has 2 amide bonds. The zero-order valence-corrected chi connectivity index (χ0v) is 46.7. The Kier molecular flexibility index (Phi) is 25.5. The van der Waals surface area contributed by atoms with Gasteiger partial charge in [-0.15, -0.1) is 23.4 Å². The average molecular weight is 1150 g/mol. The van der Waals surface area contributed by atoms with Gasteiger partial charge in [0.15, 0.2) is 12.2 Å². The Morgan fingerprint density at radius 2 is 1.79 bits per heavy atom. The normalized spacial score (nSPS) is 16.6. The van der Waals surface area contributed by atoms with Crippen molar-refractivity contribution in [1.82, 2.24) is 14.3 Å². The Hall–Kier alpha value is -3.73. The Bertz CT molecular complexity index is 2630. The van der Waals surface area contributed by atoms with Crippen LogP contribution in [0.4, 0.5) is 15.8 Å². The van der Waals surface area contributed by atoms with Crippen LogP contribution >= 0.6 is 76.9 Å². The lowest BCUT2D eigenvalue weighted by Crippen LogP contribution is -2.45. The molecular weight excluding hydrogens is 1080 g/mol. The van der Waals surface area contributed by atoms with Crippen LogP contribution in [0.25, 0.3) is 0 Å². The number of carboxylic acid groups (broad SMARTS) is 1. The number of hydrogen-bond donors (Lipinski definition) is 3. The van der Waals surface area contributed by atoms with Crippen molar-refractivity contribution >= 4 is 112 Å². The Morgan fingerprint density at radius 3 is 2.35 bits per heavy atom. The topological polar surface area (TPSA) is 238 Å². The molecule has 4 aromatic rings. The molecule has 4 N–H and O–H groups in total. The molecule has 2 aromatic heterocycles. The summed E-state index contributed by atoms with van der Waals surface area (Å²) in [6.07, 6.45) is 4.06. The van der Waals surface area contributed by atoms with Crippen LogP contribution in [0.1, 0.15) is 69.9 Å². The van der Waals surface area contributed by atoms with Crippen molar-refractivity contribution in [1.29, 1.82) is 0 Å². The van der Waals surface area contributed by atoms with Crippen LogP contribution in [0.3, 0.4) is 0 Å². The maximum atomic E-state index is 14.3. The highest BCUT2D eigenvalue weighted by atomic mass is 35.5. The number of thioether (sulfide) groups is 1. The van der Waals surface area contributed by atoms with E-state index in [1.807, 2.05) is 32.0 Å². The number of nitrogens with zero attached hydrogens (tertiary/aromatic N) is 5. The summed E-state index contributed by atoms with van der Waals surface area (Å²) in [4.78, 5) is 73.6. The molecule has 4 unspecified atom stereocenters. The third-order valence-corrected chi connectivity index (χ3v) is 14.8. The minimum absolute atomic E-state index is 0.0223.